The lowest BCUT2D eigenvalue weighted by Gasteiger charge is -2.11. The lowest BCUT2D eigenvalue weighted by molar-refractivity contribution is -0.148. The van der Waals surface area contributed by atoms with Crippen LogP contribution in [0.5, 0.6) is 5.75 Å². The Kier molecular flexibility index (Phi) is 5.13. The molecule has 6 nitrogen and oxygen atoms in total. The summed E-state index contributed by atoms with van der Waals surface area (Å²) in [6.07, 6.45) is -1.08. The monoisotopic (exact) mass is 253 g/mol. The van der Waals surface area contributed by atoms with Crippen molar-refractivity contribution in [1.82, 2.24) is 5.32 Å². The molecular formula is C12H15NO5. The molecule has 0 spiro atoms. The Morgan fingerprint density at radius 3 is 2.61 bits per heavy atom. The molecule has 1 rings (SSSR count). The maximum Gasteiger partial charge on any atom is 0.334 e. The van der Waals surface area contributed by atoms with Crippen molar-refractivity contribution in [2.24, 2.45) is 0 Å². The Morgan fingerprint density at radius 1 is 1.39 bits per heavy atom. The first-order chi connectivity index (χ1) is 8.54. The fraction of sp³-hybridized carbons (Fsp3) is 0.333. The van der Waals surface area contributed by atoms with Crippen LogP contribution in [0, 0.1) is 0 Å². The largest absolute Gasteiger partial charge is 0.508 e. The second kappa shape index (κ2) is 6.61. The van der Waals surface area contributed by atoms with E-state index in [-0.39, 0.29) is 24.6 Å². The first kappa shape index (κ1) is 14.0. The van der Waals surface area contributed by atoms with Gasteiger partial charge < -0.3 is 20.3 Å². The molecule has 1 unspecified atom stereocenters. The van der Waals surface area contributed by atoms with E-state index in [1.807, 2.05) is 0 Å². The normalized spacial score (nSPS) is 11.8. The molecule has 0 bridgehead atoms. The number of rotatable bonds is 6. The predicted molar refractivity (Wildman–Crippen MR) is 63.3 cm³/mol. The van der Waals surface area contributed by atoms with E-state index in [4.69, 9.17) is 5.11 Å². The molecule has 0 fully saturated rings. The van der Waals surface area contributed by atoms with Crippen LogP contribution in [0.25, 0.3) is 0 Å². The Balaban J connectivity index is 2.48. The minimum atomic E-state index is -1.14. The summed E-state index contributed by atoms with van der Waals surface area (Å²) in [6.45, 7) is -0.113. The summed E-state index contributed by atoms with van der Waals surface area (Å²) in [7, 11) is 1.26. The van der Waals surface area contributed by atoms with Gasteiger partial charge in [-0.3, -0.25) is 4.79 Å². The lowest BCUT2D eigenvalue weighted by Crippen LogP contribution is -2.38. The fourth-order valence-electron chi connectivity index (χ4n) is 1.37. The molecule has 1 amide bonds. The van der Waals surface area contributed by atoms with Crippen molar-refractivity contribution in [1.29, 1.82) is 0 Å². The molecule has 18 heavy (non-hydrogen) atoms. The number of phenols is 1. The van der Waals surface area contributed by atoms with Crippen molar-refractivity contribution in [2.75, 3.05) is 13.7 Å². The van der Waals surface area contributed by atoms with Crippen molar-refractivity contribution < 1.29 is 24.5 Å². The van der Waals surface area contributed by atoms with Gasteiger partial charge in [0.1, 0.15) is 5.75 Å². The Bertz CT molecular complexity index is 432. The number of para-hydroxylation sites is 1. The van der Waals surface area contributed by atoms with Crippen molar-refractivity contribution in [3.63, 3.8) is 0 Å². The molecule has 0 aliphatic rings. The number of hydrogen-bond acceptors (Lipinski definition) is 4. The molecule has 1 aromatic rings. The standard InChI is InChI=1S/C12H15NO5/c1-18-10(12(16)17)7-13-11(15)6-8-4-2-3-5-9(8)14/h2-5,10,14H,6-7H2,1H3,(H,13,15)(H,16,17). The van der Waals surface area contributed by atoms with Crippen molar-refractivity contribution >= 4 is 11.9 Å². The molecule has 0 saturated carbocycles. The summed E-state index contributed by atoms with van der Waals surface area (Å²) < 4.78 is 4.67. The Morgan fingerprint density at radius 2 is 2.06 bits per heavy atom. The van der Waals surface area contributed by atoms with E-state index in [1.165, 1.54) is 13.2 Å². The predicted octanol–water partition coefficient (Wildman–Crippen LogP) is 0.150. The van der Waals surface area contributed by atoms with Gasteiger partial charge in [-0.05, 0) is 6.07 Å². The topological polar surface area (TPSA) is 95.9 Å². The number of phenolic OH excluding ortho intramolecular Hbond substituents is 1. The van der Waals surface area contributed by atoms with E-state index in [2.05, 4.69) is 10.1 Å². The average molecular weight is 253 g/mol. The number of ether oxygens (including phenoxy) is 1. The molecule has 0 radical (unpaired) electrons. The van der Waals surface area contributed by atoms with Crippen LogP contribution in [-0.2, 0) is 20.7 Å². The average Bonchev–Trinajstić information content (AvgIpc) is 2.32. The molecule has 1 atom stereocenters. The minimum absolute atomic E-state index is 0.0112. The van der Waals surface area contributed by atoms with E-state index in [9.17, 15) is 14.7 Å². The highest BCUT2D eigenvalue weighted by Crippen LogP contribution is 2.15. The van der Waals surface area contributed by atoms with Gasteiger partial charge in [-0.2, -0.15) is 0 Å². The molecular weight excluding hydrogens is 238 g/mol. The van der Waals surface area contributed by atoms with E-state index in [1.54, 1.807) is 18.2 Å². The van der Waals surface area contributed by atoms with Crippen molar-refractivity contribution in [3.05, 3.63) is 29.8 Å². The van der Waals surface area contributed by atoms with Gasteiger partial charge in [0.05, 0.1) is 13.0 Å². The van der Waals surface area contributed by atoms with Gasteiger partial charge in [-0.1, -0.05) is 18.2 Å². The highest BCUT2D eigenvalue weighted by molar-refractivity contribution is 5.80. The second-order valence-corrected chi connectivity index (χ2v) is 3.67. The molecule has 0 saturated heterocycles. The third-order valence-corrected chi connectivity index (χ3v) is 2.39. The number of carboxylic acid groups (broad SMARTS) is 1. The summed E-state index contributed by atoms with van der Waals surface area (Å²) in [5, 5.41) is 20.6. The Hall–Kier alpha value is -2.08. The highest BCUT2D eigenvalue weighted by Gasteiger charge is 2.17. The maximum atomic E-state index is 11.5. The third-order valence-electron chi connectivity index (χ3n) is 2.39. The number of carbonyl (C=O) groups is 2. The summed E-state index contributed by atoms with van der Waals surface area (Å²) in [5.74, 6) is -1.48. The third kappa shape index (κ3) is 4.06. The van der Waals surface area contributed by atoms with Gasteiger partial charge in [0.25, 0.3) is 0 Å². The van der Waals surface area contributed by atoms with Crippen LogP contribution in [0.2, 0.25) is 0 Å². The first-order valence-corrected chi connectivity index (χ1v) is 5.33. The van der Waals surface area contributed by atoms with Crippen LogP contribution < -0.4 is 5.32 Å². The van der Waals surface area contributed by atoms with Crippen LogP contribution in [0.4, 0.5) is 0 Å². The Labute approximate surface area is 104 Å². The molecule has 0 heterocycles. The fourth-order valence-corrected chi connectivity index (χ4v) is 1.37. The van der Waals surface area contributed by atoms with Crippen molar-refractivity contribution in [3.8, 4) is 5.75 Å². The number of benzene rings is 1. The maximum absolute atomic E-state index is 11.5. The number of amides is 1. The summed E-state index contributed by atoms with van der Waals surface area (Å²) >= 11 is 0. The van der Waals surface area contributed by atoms with E-state index in [0.29, 0.717) is 5.56 Å². The number of aliphatic carboxylic acids is 1. The number of nitrogens with one attached hydrogen (secondary N) is 1. The van der Waals surface area contributed by atoms with E-state index in [0.717, 1.165) is 0 Å². The number of aromatic hydroxyl groups is 1. The zero-order chi connectivity index (χ0) is 13.5. The zero-order valence-corrected chi connectivity index (χ0v) is 9.92. The summed E-state index contributed by atoms with van der Waals surface area (Å²) in [6, 6.07) is 6.47. The lowest BCUT2D eigenvalue weighted by atomic mass is 10.1. The smallest absolute Gasteiger partial charge is 0.334 e. The van der Waals surface area contributed by atoms with Crippen LogP contribution in [0.15, 0.2) is 24.3 Å². The summed E-state index contributed by atoms with van der Waals surface area (Å²) in [5.41, 5.74) is 0.485. The SMILES string of the molecule is COC(CNC(=O)Cc1ccccc1O)C(=O)O. The quantitative estimate of drug-likeness (QED) is 0.670. The molecule has 98 valence electrons. The van der Waals surface area contributed by atoms with Gasteiger partial charge in [0, 0.05) is 12.7 Å². The molecule has 0 aliphatic heterocycles. The number of carbonyl (C=O) groups excluding carboxylic acids is 1. The zero-order valence-electron chi connectivity index (χ0n) is 9.92. The van der Waals surface area contributed by atoms with Gasteiger partial charge in [-0.15, -0.1) is 0 Å². The van der Waals surface area contributed by atoms with Gasteiger partial charge in [0.2, 0.25) is 5.91 Å². The molecule has 6 heteroatoms. The van der Waals surface area contributed by atoms with Crippen molar-refractivity contribution in [2.45, 2.75) is 12.5 Å². The number of hydrogen-bond donors (Lipinski definition) is 3. The van der Waals surface area contributed by atoms with Crippen LogP contribution in [0.1, 0.15) is 5.56 Å². The van der Waals surface area contributed by atoms with E-state index >= 15 is 0 Å². The second-order valence-electron chi connectivity index (χ2n) is 3.67. The number of methoxy groups -OCH3 is 1. The van der Waals surface area contributed by atoms with Crippen LogP contribution >= 0.6 is 0 Å². The van der Waals surface area contributed by atoms with Gasteiger partial charge in [-0.25, -0.2) is 4.79 Å². The van der Waals surface area contributed by atoms with Gasteiger partial charge in [0.15, 0.2) is 6.10 Å². The van der Waals surface area contributed by atoms with Crippen LogP contribution in [0.3, 0.4) is 0 Å². The molecule has 0 aliphatic carbocycles. The van der Waals surface area contributed by atoms with Gasteiger partial charge >= 0.3 is 5.97 Å². The highest BCUT2D eigenvalue weighted by atomic mass is 16.5. The molecule has 1 aromatic carbocycles. The van der Waals surface area contributed by atoms with Crippen LogP contribution in [-0.4, -0.2) is 41.8 Å². The minimum Gasteiger partial charge on any atom is -0.508 e. The molecule has 3 N–H and O–H groups in total. The number of carboxylic acids is 1. The summed E-state index contributed by atoms with van der Waals surface area (Å²) in [4.78, 5) is 22.2. The van der Waals surface area contributed by atoms with E-state index < -0.39 is 12.1 Å². The first-order valence-electron chi connectivity index (χ1n) is 5.33. The molecule has 0 aromatic heterocycles.